The number of carbonyl (C=O) groups is 1. The van der Waals surface area contributed by atoms with E-state index >= 15 is 0 Å². The average Bonchev–Trinajstić information content (AvgIpc) is 2.67. The first kappa shape index (κ1) is 10.2. The molecule has 0 spiro atoms. The number of nitrogens with one attached hydrogen (secondary N) is 1. The van der Waals surface area contributed by atoms with Crippen molar-refractivity contribution >= 4 is 5.91 Å². The first-order chi connectivity index (χ1) is 7.08. The summed E-state index contributed by atoms with van der Waals surface area (Å²) in [5.41, 5.74) is -0.0134. The fraction of sp³-hybridized carbons (Fsp3) is 0.545. The maximum Gasteiger partial charge on any atom is 0.289 e. The molecule has 1 saturated heterocycles. The van der Waals surface area contributed by atoms with Gasteiger partial charge in [0.15, 0.2) is 5.76 Å². The molecule has 0 radical (unpaired) electrons. The molecule has 1 aromatic rings. The highest BCUT2D eigenvalue weighted by atomic mass is 16.3. The van der Waals surface area contributed by atoms with Crippen molar-refractivity contribution in [1.29, 1.82) is 0 Å². The Morgan fingerprint density at radius 1 is 1.60 bits per heavy atom. The average molecular weight is 208 g/mol. The molecule has 4 heteroatoms. The highest BCUT2D eigenvalue weighted by Crippen LogP contribution is 2.13. The van der Waals surface area contributed by atoms with Gasteiger partial charge in [0.25, 0.3) is 5.91 Å². The summed E-state index contributed by atoms with van der Waals surface area (Å²) in [6, 6.07) is 3.44. The standard InChI is InChI=1S/C11H16N2O2/c1-11(2)8-13(6-5-12-11)10(14)9-4-3-7-15-9/h3-4,7,12H,5-6,8H2,1-2H3. The first-order valence-corrected chi connectivity index (χ1v) is 5.16. The van der Waals surface area contributed by atoms with Crippen LogP contribution in [0.3, 0.4) is 0 Å². The van der Waals surface area contributed by atoms with Crippen LogP contribution in [-0.2, 0) is 0 Å². The van der Waals surface area contributed by atoms with Crippen LogP contribution in [0.4, 0.5) is 0 Å². The lowest BCUT2D eigenvalue weighted by molar-refractivity contribution is 0.0620. The third-order valence-electron chi connectivity index (χ3n) is 2.59. The number of carbonyl (C=O) groups excluding carboxylic acids is 1. The van der Waals surface area contributed by atoms with E-state index in [1.807, 2.05) is 4.90 Å². The lowest BCUT2D eigenvalue weighted by atomic mass is 10.0. The Morgan fingerprint density at radius 2 is 2.40 bits per heavy atom. The molecular formula is C11H16N2O2. The molecule has 2 rings (SSSR count). The lowest BCUT2D eigenvalue weighted by Gasteiger charge is -2.38. The molecule has 1 fully saturated rings. The van der Waals surface area contributed by atoms with Gasteiger partial charge < -0.3 is 14.6 Å². The summed E-state index contributed by atoms with van der Waals surface area (Å²) >= 11 is 0. The maximum absolute atomic E-state index is 12.0. The van der Waals surface area contributed by atoms with E-state index in [1.54, 1.807) is 12.1 Å². The van der Waals surface area contributed by atoms with Crippen molar-refractivity contribution in [2.24, 2.45) is 0 Å². The summed E-state index contributed by atoms with van der Waals surface area (Å²) in [6.07, 6.45) is 1.53. The molecule has 1 N–H and O–H groups in total. The van der Waals surface area contributed by atoms with E-state index in [2.05, 4.69) is 19.2 Å². The molecule has 15 heavy (non-hydrogen) atoms. The Hall–Kier alpha value is -1.29. The predicted molar refractivity (Wildman–Crippen MR) is 56.7 cm³/mol. The van der Waals surface area contributed by atoms with Crippen molar-refractivity contribution in [3.63, 3.8) is 0 Å². The molecule has 1 aliphatic rings. The van der Waals surface area contributed by atoms with E-state index in [1.165, 1.54) is 6.26 Å². The van der Waals surface area contributed by atoms with Crippen LogP contribution in [0.15, 0.2) is 22.8 Å². The molecule has 4 nitrogen and oxygen atoms in total. The SMILES string of the molecule is CC1(C)CN(C(=O)c2ccco2)CCN1. The van der Waals surface area contributed by atoms with Crippen molar-refractivity contribution in [1.82, 2.24) is 10.2 Å². The lowest BCUT2D eigenvalue weighted by Crippen LogP contribution is -2.58. The van der Waals surface area contributed by atoms with Crippen molar-refractivity contribution in [2.45, 2.75) is 19.4 Å². The molecule has 0 aliphatic carbocycles. The minimum Gasteiger partial charge on any atom is -0.459 e. The van der Waals surface area contributed by atoms with Gasteiger partial charge in [-0.2, -0.15) is 0 Å². The highest BCUT2D eigenvalue weighted by Gasteiger charge is 2.29. The molecule has 0 atom stereocenters. The Balaban J connectivity index is 2.08. The van der Waals surface area contributed by atoms with Gasteiger partial charge in [-0.3, -0.25) is 4.79 Å². The van der Waals surface area contributed by atoms with Gasteiger partial charge in [-0.15, -0.1) is 0 Å². The van der Waals surface area contributed by atoms with Gasteiger partial charge >= 0.3 is 0 Å². The van der Waals surface area contributed by atoms with E-state index in [4.69, 9.17) is 4.42 Å². The second-order valence-electron chi connectivity index (χ2n) is 4.51. The van der Waals surface area contributed by atoms with E-state index < -0.39 is 0 Å². The molecule has 1 aromatic heterocycles. The third kappa shape index (κ3) is 2.21. The van der Waals surface area contributed by atoms with E-state index in [0.717, 1.165) is 13.1 Å². The minimum absolute atomic E-state index is 0.0134. The second kappa shape index (κ2) is 3.70. The Bertz CT molecular complexity index is 343. The van der Waals surface area contributed by atoms with Gasteiger partial charge in [0.05, 0.1) is 6.26 Å². The molecule has 1 aliphatic heterocycles. The molecule has 82 valence electrons. The fourth-order valence-electron chi connectivity index (χ4n) is 1.87. The van der Waals surface area contributed by atoms with Crippen LogP contribution in [0.1, 0.15) is 24.4 Å². The van der Waals surface area contributed by atoms with Crippen LogP contribution in [0, 0.1) is 0 Å². The predicted octanol–water partition coefficient (Wildman–Crippen LogP) is 1.10. The zero-order valence-electron chi connectivity index (χ0n) is 9.12. The van der Waals surface area contributed by atoms with Crippen molar-refractivity contribution < 1.29 is 9.21 Å². The van der Waals surface area contributed by atoms with E-state index in [9.17, 15) is 4.79 Å². The molecule has 2 heterocycles. The zero-order chi connectivity index (χ0) is 10.9. The Kier molecular flexibility index (Phi) is 2.52. The summed E-state index contributed by atoms with van der Waals surface area (Å²) in [5.74, 6) is 0.405. The summed E-state index contributed by atoms with van der Waals surface area (Å²) in [6.45, 7) is 6.47. The van der Waals surface area contributed by atoms with Crippen molar-refractivity contribution in [2.75, 3.05) is 19.6 Å². The van der Waals surface area contributed by atoms with Crippen LogP contribution >= 0.6 is 0 Å². The Morgan fingerprint density at radius 3 is 3.00 bits per heavy atom. The number of furan rings is 1. The molecule has 0 aromatic carbocycles. The molecule has 0 unspecified atom stereocenters. The van der Waals surface area contributed by atoms with Crippen LogP contribution in [0.25, 0.3) is 0 Å². The zero-order valence-corrected chi connectivity index (χ0v) is 9.12. The summed E-state index contributed by atoms with van der Waals surface area (Å²) in [7, 11) is 0. The smallest absolute Gasteiger partial charge is 0.289 e. The Labute approximate surface area is 89.2 Å². The van der Waals surface area contributed by atoms with E-state index in [-0.39, 0.29) is 11.4 Å². The number of amides is 1. The fourth-order valence-corrected chi connectivity index (χ4v) is 1.87. The first-order valence-electron chi connectivity index (χ1n) is 5.16. The van der Waals surface area contributed by atoms with Gasteiger partial charge in [-0.1, -0.05) is 0 Å². The molecular weight excluding hydrogens is 192 g/mol. The number of nitrogens with zero attached hydrogens (tertiary/aromatic N) is 1. The largest absolute Gasteiger partial charge is 0.459 e. The minimum atomic E-state index is -0.0189. The van der Waals surface area contributed by atoms with Crippen LogP contribution < -0.4 is 5.32 Å². The third-order valence-corrected chi connectivity index (χ3v) is 2.59. The number of hydrogen-bond donors (Lipinski definition) is 1. The molecule has 0 bridgehead atoms. The quantitative estimate of drug-likeness (QED) is 0.751. The summed E-state index contributed by atoms with van der Waals surface area (Å²) in [4.78, 5) is 13.8. The van der Waals surface area contributed by atoms with Crippen LogP contribution in [0.5, 0.6) is 0 Å². The number of hydrogen-bond acceptors (Lipinski definition) is 3. The van der Waals surface area contributed by atoms with Gasteiger partial charge in [-0.05, 0) is 26.0 Å². The molecule has 0 saturated carbocycles. The van der Waals surface area contributed by atoms with Gasteiger partial charge in [0.2, 0.25) is 0 Å². The van der Waals surface area contributed by atoms with Crippen molar-refractivity contribution in [3.8, 4) is 0 Å². The van der Waals surface area contributed by atoms with E-state index in [0.29, 0.717) is 12.3 Å². The van der Waals surface area contributed by atoms with Gasteiger partial charge in [0.1, 0.15) is 0 Å². The van der Waals surface area contributed by atoms with Crippen molar-refractivity contribution in [3.05, 3.63) is 24.2 Å². The summed E-state index contributed by atoms with van der Waals surface area (Å²) < 4.78 is 5.11. The molecule has 1 amide bonds. The second-order valence-corrected chi connectivity index (χ2v) is 4.51. The number of piperazine rings is 1. The highest BCUT2D eigenvalue weighted by molar-refractivity contribution is 5.91. The monoisotopic (exact) mass is 208 g/mol. The van der Waals surface area contributed by atoms with Crippen LogP contribution in [-0.4, -0.2) is 36.0 Å². The van der Waals surface area contributed by atoms with Crippen LogP contribution in [0.2, 0.25) is 0 Å². The summed E-state index contributed by atoms with van der Waals surface area (Å²) in [5, 5.41) is 3.36. The van der Waals surface area contributed by atoms with Gasteiger partial charge in [-0.25, -0.2) is 0 Å². The number of rotatable bonds is 1. The normalized spacial score (nSPS) is 20.3. The van der Waals surface area contributed by atoms with Gasteiger partial charge in [0, 0.05) is 25.2 Å². The maximum atomic E-state index is 12.0. The topological polar surface area (TPSA) is 45.5 Å².